The fourth-order valence-electron chi connectivity index (χ4n) is 3.18. The number of rotatable bonds is 6. The maximum atomic E-state index is 8.85. The lowest BCUT2D eigenvalue weighted by Crippen LogP contribution is -2.20. The van der Waals surface area contributed by atoms with Crippen molar-refractivity contribution in [2.24, 2.45) is 0 Å². The van der Waals surface area contributed by atoms with Gasteiger partial charge in [0.15, 0.2) is 5.65 Å². The molecule has 0 aliphatic rings. The Bertz CT molecular complexity index is 993. The van der Waals surface area contributed by atoms with Crippen LogP contribution in [0.2, 0.25) is 0 Å². The Morgan fingerprint density at radius 3 is 2.50 bits per heavy atom. The normalized spacial score (nSPS) is 11.7. The van der Waals surface area contributed by atoms with Crippen molar-refractivity contribution < 1.29 is 5.11 Å². The minimum absolute atomic E-state index is 0.173. The van der Waals surface area contributed by atoms with E-state index in [2.05, 4.69) is 28.1 Å². The SMILES string of the molecule is OCCNCCCn1c2ccccc2c2nc3ccccc3nc21. The van der Waals surface area contributed by atoms with Crippen LogP contribution in [0.3, 0.4) is 0 Å². The largest absolute Gasteiger partial charge is 0.395 e. The van der Waals surface area contributed by atoms with Crippen LogP contribution in [0.25, 0.3) is 33.1 Å². The molecule has 0 fully saturated rings. The molecule has 2 N–H and O–H groups in total. The fourth-order valence-corrected chi connectivity index (χ4v) is 3.18. The highest BCUT2D eigenvalue weighted by molar-refractivity contribution is 6.06. The third-order valence-corrected chi connectivity index (χ3v) is 4.28. The summed E-state index contributed by atoms with van der Waals surface area (Å²) in [6.45, 7) is 2.55. The molecule has 5 heteroatoms. The summed E-state index contributed by atoms with van der Waals surface area (Å²) in [7, 11) is 0. The van der Waals surface area contributed by atoms with E-state index in [0.29, 0.717) is 6.54 Å². The van der Waals surface area contributed by atoms with Gasteiger partial charge in [-0.05, 0) is 31.2 Å². The Balaban J connectivity index is 1.81. The number of nitrogens with zero attached hydrogens (tertiary/aromatic N) is 3. The molecule has 0 unspecified atom stereocenters. The molecule has 4 aromatic rings. The third kappa shape index (κ3) is 2.62. The van der Waals surface area contributed by atoms with E-state index in [4.69, 9.17) is 15.1 Å². The molecular weight excluding hydrogens is 300 g/mol. The highest BCUT2D eigenvalue weighted by atomic mass is 16.3. The number of nitrogens with one attached hydrogen (secondary N) is 1. The van der Waals surface area contributed by atoms with E-state index in [1.807, 2.05) is 30.3 Å². The molecule has 0 atom stereocenters. The van der Waals surface area contributed by atoms with Gasteiger partial charge in [-0.1, -0.05) is 30.3 Å². The van der Waals surface area contributed by atoms with Crippen LogP contribution in [0.5, 0.6) is 0 Å². The second kappa shape index (κ2) is 6.55. The minimum Gasteiger partial charge on any atom is -0.395 e. The molecule has 0 radical (unpaired) electrons. The van der Waals surface area contributed by atoms with Crippen molar-refractivity contribution >= 4 is 33.1 Å². The minimum atomic E-state index is 0.173. The van der Waals surface area contributed by atoms with E-state index >= 15 is 0 Å². The van der Waals surface area contributed by atoms with Gasteiger partial charge in [-0.15, -0.1) is 0 Å². The second-order valence-electron chi connectivity index (χ2n) is 5.88. The van der Waals surface area contributed by atoms with E-state index < -0.39 is 0 Å². The van der Waals surface area contributed by atoms with E-state index in [0.717, 1.165) is 47.1 Å². The van der Waals surface area contributed by atoms with Crippen molar-refractivity contribution in [1.82, 2.24) is 19.9 Å². The van der Waals surface area contributed by atoms with E-state index in [9.17, 15) is 0 Å². The molecule has 24 heavy (non-hydrogen) atoms. The summed E-state index contributed by atoms with van der Waals surface area (Å²) in [5.41, 5.74) is 4.93. The van der Waals surface area contributed by atoms with Crippen molar-refractivity contribution in [1.29, 1.82) is 0 Å². The van der Waals surface area contributed by atoms with Crippen LogP contribution in [0.4, 0.5) is 0 Å². The molecule has 0 amide bonds. The summed E-state index contributed by atoms with van der Waals surface area (Å²) in [4.78, 5) is 9.72. The average molecular weight is 320 g/mol. The van der Waals surface area contributed by atoms with Gasteiger partial charge in [-0.3, -0.25) is 0 Å². The predicted molar refractivity (Wildman–Crippen MR) is 97.1 cm³/mol. The van der Waals surface area contributed by atoms with Gasteiger partial charge in [0.1, 0.15) is 5.52 Å². The second-order valence-corrected chi connectivity index (χ2v) is 5.88. The molecule has 2 aromatic carbocycles. The number of para-hydroxylation sites is 3. The zero-order chi connectivity index (χ0) is 16.4. The van der Waals surface area contributed by atoms with Crippen molar-refractivity contribution in [3.8, 4) is 0 Å². The monoisotopic (exact) mass is 320 g/mol. The lowest BCUT2D eigenvalue weighted by Gasteiger charge is -2.07. The Morgan fingerprint density at radius 2 is 1.67 bits per heavy atom. The van der Waals surface area contributed by atoms with Gasteiger partial charge < -0.3 is 15.0 Å². The maximum Gasteiger partial charge on any atom is 0.160 e. The summed E-state index contributed by atoms with van der Waals surface area (Å²) in [6, 6.07) is 16.3. The Morgan fingerprint density at radius 1 is 0.917 bits per heavy atom. The van der Waals surface area contributed by atoms with E-state index in [-0.39, 0.29) is 6.61 Å². The molecular formula is C19H20N4O. The van der Waals surface area contributed by atoms with Crippen molar-refractivity contribution in [3.05, 3.63) is 48.5 Å². The molecule has 0 saturated heterocycles. The molecule has 0 bridgehead atoms. The average Bonchev–Trinajstić information content (AvgIpc) is 2.93. The standard InChI is InChI=1S/C19H20N4O/c24-13-11-20-10-5-12-23-17-9-4-1-6-14(17)18-19(23)22-16-8-3-2-7-15(16)21-18/h1-4,6-9,20,24H,5,10-13H2. The quantitative estimate of drug-likeness (QED) is 0.536. The number of hydrogen-bond acceptors (Lipinski definition) is 4. The van der Waals surface area contributed by atoms with E-state index in [1.165, 1.54) is 5.52 Å². The third-order valence-electron chi connectivity index (χ3n) is 4.28. The Kier molecular flexibility index (Phi) is 4.11. The van der Waals surface area contributed by atoms with Gasteiger partial charge in [0.05, 0.1) is 23.2 Å². The maximum absolute atomic E-state index is 8.85. The van der Waals surface area contributed by atoms with Crippen molar-refractivity contribution in [2.45, 2.75) is 13.0 Å². The predicted octanol–water partition coefficient (Wildman–Crippen LogP) is 2.71. The zero-order valence-corrected chi connectivity index (χ0v) is 13.4. The Hall–Kier alpha value is -2.50. The van der Waals surface area contributed by atoms with Gasteiger partial charge in [0.2, 0.25) is 0 Å². The van der Waals surface area contributed by atoms with Crippen LogP contribution in [0.1, 0.15) is 6.42 Å². The zero-order valence-electron chi connectivity index (χ0n) is 13.4. The molecule has 5 nitrogen and oxygen atoms in total. The molecule has 0 saturated carbocycles. The molecule has 2 heterocycles. The van der Waals surface area contributed by atoms with Gasteiger partial charge in [0.25, 0.3) is 0 Å². The summed E-state index contributed by atoms with van der Waals surface area (Å²) in [5.74, 6) is 0. The first kappa shape index (κ1) is 15.1. The van der Waals surface area contributed by atoms with Crippen molar-refractivity contribution in [2.75, 3.05) is 19.7 Å². The molecule has 2 aromatic heterocycles. The highest BCUT2D eigenvalue weighted by Crippen LogP contribution is 2.28. The van der Waals surface area contributed by atoms with Crippen LogP contribution in [0.15, 0.2) is 48.5 Å². The van der Waals surface area contributed by atoms with E-state index in [1.54, 1.807) is 0 Å². The number of benzene rings is 2. The molecule has 122 valence electrons. The topological polar surface area (TPSA) is 63.0 Å². The summed E-state index contributed by atoms with van der Waals surface area (Å²) >= 11 is 0. The number of fused-ring (bicyclic) bond motifs is 4. The molecule has 0 aliphatic carbocycles. The summed E-state index contributed by atoms with van der Waals surface area (Å²) in [5, 5.41) is 13.2. The van der Waals surface area contributed by atoms with Crippen LogP contribution >= 0.6 is 0 Å². The number of aliphatic hydroxyl groups excluding tert-OH is 1. The summed E-state index contributed by atoms with van der Waals surface area (Å²) in [6.07, 6.45) is 0.974. The first-order chi connectivity index (χ1) is 11.9. The van der Waals surface area contributed by atoms with Gasteiger partial charge in [0, 0.05) is 18.5 Å². The lowest BCUT2D eigenvalue weighted by atomic mass is 10.2. The van der Waals surface area contributed by atoms with Gasteiger partial charge in [-0.25, -0.2) is 9.97 Å². The molecule has 0 aliphatic heterocycles. The fraction of sp³-hybridized carbons (Fsp3) is 0.263. The van der Waals surface area contributed by atoms with Crippen LogP contribution in [-0.4, -0.2) is 39.3 Å². The van der Waals surface area contributed by atoms with Gasteiger partial charge in [-0.2, -0.15) is 0 Å². The molecule has 0 spiro atoms. The number of aromatic nitrogens is 3. The summed E-state index contributed by atoms with van der Waals surface area (Å²) < 4.78 is 2.25. The number of aryl methyl sites for hydroxylation is 1. The first-order valence-electron chi connectivity index (χ1n) is 8.34. The highest BCUT2D eigenvalue weighted by Gasteiger charge is 2.13. The Labute approximate surface area is 140 Å². The lowest BCUT2D eigenvalue weighted by molar-refractivity contribution is 0.292. The van der Waals surface area contributed by atoms with Gasteiger partial charge >= 0.3 is 0 Å². The first-order valence-corrected chi connectivity index (χ1v) is 8.34. The van der Waals surface area contributed by atoms with Crippen LogP contribution in [-0.2, 0) is 6.54 Å². The van der Waals surface area contributed by atoms with Crippen LogP contribution in [0, 0.1) is 0 Å². The number of aliphatic hydroxyl groups is 1. The van der Waals surface area contributed by atoms with Crippen molar-refractivity contribution in [3.63, 3.8) is 0 Å². The molecule has 4 rings (SSSR count). The number of hydrogen-bond donors (Lipinski definition) is 2. The smallest absolute Gasteiger partial charge is 0.160 e. The van der Waals surface area contributed by atoms with Crippen LogP contribution < -0.4 is 5.32 Å².